The van der Waals surface area contributed by atoms with E-state index in [9.17, 15) is 19.2 Å². The molecular formula is C40H34F2N6O4. The molecule has 4 amide bonds. The molecule has 4 aromatic carbocycles. The minimum atomic E-state index is -1.28. The molecule has 6 aliphatic heterocycles. The van der Waals surface area contributed by atoms with Crippen molar-refractivity contribution in [2.75, 3.05) is 10.6 Å². The lowest BCUT2D eigenvalue weighted by Crippen LogP contribution is -2.67. The number of fused-ring (bicyclic) bond motifs is 11. The summed E-state index contributed by atoms with van der Waals surface area (Å²) in [4.78, 5) is 60.7. The molecule has 6 heterocycles. The lowest BCUT2D eigenvalue weighted by atomic mass is 9.54. The maximum Gasteiger partial charge on any atom is 0.247 e. The third kappa shape index (κ3) is 4.03. The van der Waals surface area contributed by atoms with Crippen molar-refractivity contribution in [2.45, 2.75) is 73.0 Å². The number of carbonyl (C=O) groups excluding carboxylic acids is 4. The van der Waals surface area contributed by atoms with E-state index in [1.165, 1.54) is 24.3 Å². The van der Waals surface area contributed by atoms with Gasteiger partial charge in [0.1, 0.15) is 48.1 Å². The Bertz CT molecular complexity index is 2050. The molecule has 4 N–H and O–H groups in total. The molecule has 10 rings (SSSR count). The first kappa shape index (κ1) is 31.0. The van der Waals surface area contributed by atoms with E-state index >= 15 is 8.78 Å². The van der Waals surface area contributed by atoms with Crippen LogP contribution in [0.5, 0.6) is 0 Å². The third-order valence-corrected chi connectivity index (χ3v) is 12.4. The summed E-state index contributed by atoms with van der Waals surface area (Å²) in [5, 5.41) is 12.9. The molecule has 8 atom stereocenters. The van der Waals surface area contributed by atoms with Gasteiger partial charge in [0.25, 0.3) is 0 Å². The average molecular weight is 701 g/mol. The summed E-state index contributed by atoms with van der Waals surface area (Å²) in [6.45, 7) is 0. The zero-order valence-electron chi connectivity index (χ0n) is 27.8. The van der Waals surface area contributed by atoms with Crippen molar-refractivity contribution in [3.8, 4) is 0 Å². The number of carbonyl (C=O) groups is 4. The molecule has 10 nitrogen and oxygen atoms in total. The highest BCUT2D eigenvalue weighted by Gasteiger charge is 2.78. The summed E-state index contributed by atoms with van der Waals surface area (Å²) in [6.07, 6.45) is -1.13. The first-order chi connectivity index (χ1) is 25.2. The fourth-order valence-corrected chi connectivity index (χ4v) is 10.4. The summed E-state index contributed by atoms with van der Waals surface area (Å²) in [7, 11) is 0. The van der Waals surface area contributed by atoms with Crippen LogP contribution in [0, 0.1) is 11.6 Å². The maximum absolute atomic E-state index is 15.5. The maximum atomic E-state index is 15.5. The van der Waals surface area contributed by atoms with Gasteiger partial charge in [-0.15, -0.1) is 0 Å². The molecule has 6 aliphatic rings. The molecule has 2 unspecified atom stereocenters. The van der Waals surface area contributed by atoms with E-state index in [1.807, 2.05) is 60.7 Å². The first-order valence-electron chi connectivity index (χ1n) is 17.7. The molecule has 0 bridgehead atoms. The Balaban J connectivity index is 1.15. The minimum absolute atomic E-state index is 0.0503. The predicted molar refractivity (Wildman–Crippen MR) is 186 cm³/mol. The van der Waals surface area contributed by atoms with E-state index in [-0.39, 0.29) is 49.3 Å². The van der Waals surface area contributed by atoms with Gasteiger partial charge in [0.15, 0.2) is 0 Å². The van der Waals surface area contributed by atoms with Crippen LogP contribution in [-0.4, -0.2) is 69.9 Å². The summed E-state index contributed by atoms with van der Waals surface area (Å²) < 4.78 is 31.0. The van der Waals surface area contributed by atoms with Crippen molar-refractivity contribution in [1.29, 1.82) is 0 Å². The SMILES string of the molecule is O=C1N[C@@H](Cc2ccccc2)C(=O)N2[C@H]3Nc4ccc(F)cc4C3(C34C[C@H]5C(=O)N[C@@H](Cc6ccccc6)C(=O)N5[C@H]3Nc3ccc(F)cc34)C[C@@H]12. The van der Waals surface area contributed by atoms with Gasteiger partial charge in [0, 0.05) is 24.2 Å². The number of anilines is 2. The zero-order chi connectivity index (χ0) is 35.5. The van der Waals surface area contributed by atoms with Gasteiger partial charge in [-0.05, 0) is 71.5 Å². The van der Waals surface area contributed by atoms with Crippen LogP contribution >= 0.6 is 0 Å². The number of nitrogens with zero attached hydrogens (tertiary/aromatic N) is 2. The van der Waals surface area contributed by atoms with Gasteiger partial charge in [-0.25, -0.2) is 8.78 Å². The Kier molecular flexibility index (Phi) is 6.48. The minimum Gasteiger partial charge on any atom is -0.364 e. The summed E-state index contributed by atoms with van der Waals surface area (Å²) in [5.41, 5.74) is 1.36. The van der Waals surface area contributed by atoms with Gasteiger partial charge in [-0.1, -0.05) is 60.7 Å². The molecule has 0 radical (unpaired) electrons. The Hall–Kier alpha value is -5.78. The number of rotatable bonds is 5. The van der Waals surface area contributed by atoms with E-state index in [4.69, 9.17) is 0 Å². The Morgan fingerprint density at radius 3 is 1.37 bits per heavy atom. The van der Waals surface area contributed by atoms with Crippen LogP contribution in [-0.2, 0) is 42.8 Å². The van der Waals surface area contributed by atoms with Crippen molar-refractivity contribution >= 4 is 35.0 Å². The smallest absolute Gasteiger partial charge is 0.247 e. The molecule has 52 heavy (non-hydrogen) atoms. The van der Waals surface area contributed by atoms with Crippen molar-refractivity contribution in [3.05, 3.63) is 131 Å². The van der Waals surface area contributed by atoms with Crippen molar-refractivity contribution in [1.82, 2.24) is 20.4 Å². The van der Waals surface area contributed by atoms with E-state index in [0.29, 0.717) is 22.5 Å². The second-order valence-electron chi connectivity index (χ2n) is 14.8. The van der Waals surface area contributed by atoms with Crippen LogP contribution in [0.2, 0.25) is 0 Å². The zero-order valence-corrected chi connectivity index (χ0v) is 27.8. The first-order valence-corrected chi connectivity index (χ1v) is 17.7. The molecule has 12 heteroatoms. The molecule has 0 aromatic heterocycles. The number of nitrogens with one attached hydrogen (secondary N) is 4. The molecule has 4 saturated heterocycles. The molecule has 262 valence electrons. The molecule has 0 saturated carbocycles. The van der Waals surface area contributed by atoms with Gasteiger partial charge >= 0.3 is 0 Å². The monoisotopic (exact) mass is 700 g/mol. The fraction of sp³-hybridized carbons (Fsp3) is 0.300. The van der Waals surface area contributed by atoms with Crippen LogP contribution in [0.1, 0.15) is 35.1 Å². The summed E-state index contributed by atoms with van der Waals surface area (Å²) in [5.74, 6) is -2.33. The summed E-state index contributed by atoms with van der Waals surface area (Å²) >= 11 is 0. The normalized spacial score (nSPS) is 32.1. The van der Waals surface area contributed by atoms with Crippen molar-refractivity contribution < 1.29 is 28.0 Å². The second-order valence-corrected chi connectivity index (χ2v) is 14.8. The topological polar surface area (TPSA) is 123 Å². The van der Waals surface area contributed by atoms with Gasteiger partial charge in [-0.3, -0.25) is 19.2 Å². The van der Waals surface area contributed by atoms with E-state index in [1.54, 1.807) is 21.9 Å². The number of hydrogen-bond donors (Lipinski definition) is 4. The van der Waals surface area contributed by atoms with Crippen LogP contribution < -0.4 is 21.3 Å². The predicted octanol–water partition coefficient (Wildman–Crippen LogP) is 3.33. The highest BCUT2D eigenvalue weighted by molar-refractivity contribution is 6.01. The largest absolute Gasteiger partial charge is 0.364 e. The molecule has 0 aliphatic carbocycles. The third-order valence-electron chi connectivity index (χ3n) is 12.4. The summed E-state index contributed by atoms with van der Waals surface area (Å²) in [6, 6.07) is 24.0. The average Bonchev–Trinajstić information content (AvgIpc) is 3.85. The van der Waals surface area contributed by atoms with Crippen LogP contribution in [0.15, 0.2) is 97.1 Å². The van der Waals surface area contributed by atoms with Gasteiger partial charge in [0.05, 0.1) is 10.8 Å². The fourth-order valence-electron chi connectivity index (χ4n) is 10.4. The highest BCUT2D eigenvalue weighted by atomic mass is 19.1. The number of hydrogen-bond acceptors (Lipinski definition) is 6. The van der Waals surface area contributed by atoms with Gasteiger partial charge in [-0.2, -0.15) is 0 Å². The molecule has 4 fully saturated rings. The van der Waals surface area contributed by atoms with E-state index in [2.05, 4.69) is 21.3 Å². The number of amides is 4. The molecule has 4 aromatic rings. The Morgan fingerprint density at radius 2 is 0.962 bits per heavy atom. The van der Waals surface area contributed by atoms with Crippen molar-refractivity contribution in [3.63, 3.8) is 0 Å². The van der Waals surface area contributed by atoms with Crippen LogP contribution in [0.4, 0.5) is 20.2 Å². The van der Waals surface area contributed by atoms with Gasteiger partial charge < -0.3 is 31.1 Å². The lowest BCUT2D eigenvalue weighted by molar-refractivity contribution is -0.149. The standard InChI is InChI=1S/C40H34F2N6O4/c41-23-11-13-27-25(17-23)39(19-31-33(49)43-29(15-21-7-3-1-4-8-21)35(51)47(31)37(39)45-27)40-20-32-34(50)44-30(16-22-9-5-2-6-10-22)36(52)48(32)38(40)46-28-14-12-24(42)18-26(28)40/h1-14,17-18,29-32,37-38,45-46H,15-16,19-20H2,(H,43,49)(H,44,50)/t29-,30-,31-,32-,37+,38+,39?,40?/m0/s1. The van der Waals surface area contributed by atoms with Crippen molar-refractivity contribution in [2.24, 2.45) is 0 Å². The van der Waals surface area contributed by atoms with E-state index < -0.39 is 59.0 Å². The quantitative estimate of drug-likeness (QED) is 0.254. The number of piperazine rings is 2. The second kappa shape index (κ2) is 10.9. The number of halogens is 2. The van der Waals surface area contributed by atoms with Crippen LogP contribution in [0.25, 0.3) is 0 Å². The lowest BCUT2D eigenvalue weighted by Gasteiger charge is -2.48. The van der Waals surface area contributed by atoms with Gasteiger partial charge in [0.2, 0.25) is 23.6 Å². The molecular weight excluding hydrogens is 666 g/mol. The van der Waals surface area contributed by atoms with E-state index in [0.717, 1.165) is 11.1 Å². The van der Waals surface area contributed by atoms with Crippen LogP contribution in [0.3, 0.4) is 0 Å². The Labute approximate surface area is 297 Å². The number of benzene rings is 4. The highest BCUT2D eigenvalue weighted by Crippen LogP contribution is 2.69. The molecule has 0 spiro atoms. The Morgan fingerprint density at radius 1 is 0.558 bits per heavy atom.